The fourth-order valence-corrected chi connectivity index (χ4v) is 15.8. The van der Waals surface area contributed by atoms with Gasteiger partial charge in [0, 0.05) is 24.0 Å². The molecule has 3 aliphatic heterocycles. The van der Waals surface area contributed by atoms with Gasteiger partial charge in [0.1, 0.15) is 9.81 Å². The molecule has 1 aromatic heterocycles. The molecule has 0 aromatic carbocycles. The van der Waals surface area contributed by atoms with Crippen molar-refractivity contribution in [2.24, 2.45) is 7.05 Å². The zero-order chi connectivity index (χ0) is 29.0. The zero-order valence-corrected chi connectivity index (χ0v) is 30.6. The highest BCUT2D eigenvalue weighted by Gasteiger charge is 2.35. The van der Waals surface area contributed by atoms with E-state index < -0.39 is 11.9 Å². The largest absolute Gasteiger partial charge is 0.465 e. The van der Waals surface area contributed by atoms with Crippen molar-refractivity contribution in [1.82, 2.24) is 4.57 Å². The summed E-state index contributed by atoms with van der Waals surface area (Å²) in [5.41, 5.74) is 3.01. The lowest BCUT2D eigenvalue weighted by molar-refractivity contribution is -0.138. The van der Waals surface area contributed by atoms with Crippen molar-refractivity contribution in [2.45, 2.75) is 0 Å². The Labute approximate surface area is 277 Å². The van der Waals surface area contributed by atoms with Crippen molar-refractivity contribution in [3.05, 3.63) is 69.1 Å². The first kappa shape index (κ1) is 33.1. The van der Waals surface area contributed by atoms with Gasteiger partial charge < -0.3 is 14.0 Å². The normalized spacial score (nSPS) is 17.4. The Balaban J connectivity index is 1.77. The molecule has 15 heteroatoms. The van der Waals surface area contributed by atoms with Crippen LogP contribution in [0.4, 0.5) is 0 Å². The molecule has 0 amide bonds. The van der Waals surface area contributed by atoms with Crippen LogP contribution < -0.4 is 0 Å². The Kier molecular flexibility index (Phi) is 12.6. The second-order valence-corrected chi connectivity index (χ2v) is 18.9. The van der Waals surface area contributed by atoms with E-state index in [1.54, 1.807) is 70.6 Å². The number of allylic oxidation sites excluding steroid dienone is 2. The summed E-state index contributed by atoms with van der Waals surface area (Å²) in [6.07, 6.45) is 12.8. The summed E-state index contributed by atoms with van der Waals surface area (Å²) in [5.74, 6) is -1.09. The van der Waals surface area contributed by atoms with Gasteiger partial charge in [0.05, 0.1) is 43.9 Å². The summed E-state index contributed by atoms with van der Waals surface area (Å²) < 4.78 is 20.6. The van der Waals surface area contributed by atoms with Crippen LogP contribution in [0.25, 0.3) is 11.6 Å². The lowest BCUT2D eigenvalue weighted by Gasteiger charge is -2.11. The standard InChI is InChI=1S/C25H25NO4S10/c1-26-12(10-15-35-22(31-4)23(32-5)36-15)8-9-14(26)13(11-16-37-24(33-6)25(34-7)38-16)21-39-17(19(27)29-2)18(40-21)20(28)30-3/h8-11H,1-7H3. The number of aromatic nitrogens is 1. The van der Waals surface area contributed by atoms with Gasteiger partial charge in [-0.25, -0.2) is 9.59 Å². The molecule has 0 saturated heterocycles. The maximum atomic E-state index is 12.6. The fraction of sp³-hybridized carbons (Fsp3) is 0.280. The number of carbonyl (C=O) groups is 2. The third-order valence-electron chi connectivity index (χ3n) is 5.37. The van der Waals surface area contributed by atoms with Gasteiger partial charge in [-0.3, -0.25) is 0 Å². The van der Waals surface area contributed by atoms with Crippen molar-refractivity contribution >= 4 is 141 Å². The maximum Gasteiger partial charge on any atom is 0.346 e. The van der Waals surface area contributed by atoms with E-state index in [-0.39, 0.29) is 9.81 Å². The number of thioether (sulfide) groups is 10. The Morgan fingerprint density at radius 2 is 1.18 bits per heavy atom. The molecule has 0 unspecified atom stereocenters. The fourth-order valence-electron chi connectivity index (χ4n) is 3.47. The minimum Gasteiger partial charge on any atom is -0.465 e. The van der Waals surface area contributed by atoms with Crippen molar-refractivity contribution in [3.63, 3.8) is 0 Å². The quantitative estimate of drug-likeness (QED) is 0.227. The number of rotatable bonds is 9. The molecule has 40 heavy (non-hydrogen) atoms. The summed E-state index contributed by atoms with van der Waals surface area (Å²) in [6.45, 7) is 0. The Morgan fingerprint density at radius 3 is 1.60 bits per heavy atom. The molecule has 0 N–H and O–H groups in total. The SMILES string of the molecule is COC(=O)C1=C(C(=O)OC)SC(=C(C=C2SC(SC)=C(SC)S2)c2ccc(C=C3SC(SC)=C(SC)S3)n2C)S1. The van der Waals surface area contributed by atoms with E-state index >= 15 is 0 Å². The average Bonchev–Trinajstić information content (AvgIpc) is 3.76. The molecule has 5 nitrogen and oxygen atoms in total. The van der Waals surface area contributed by atoms with Gasteiger partial charge in [-0.2, -0.15) is 0 Å². The van der Waals surface area contributed by atoms with Crippen LogP contribution in [0.5, 0.6) is 0 Å². The second-order valence-electron chi connectivity index (χ2n) is 7.55. The van der Waals surface area contributed by atoms with E-state index in [9.17, 15) is 9.59 Å². The van der Waals surface area contributed by atoms with Crippen molar-refractivity contribution < 1.29 is 19.1 Å². The molecule has 0 bridgehead atoms. The Hall–Kier alpha value is 0.160. The van der Waals surface area contributed by atoms with E-state index in [4.69, 9.17) is 9.47 Å². The smallest absolute Gasteiger partial charge is 0.346 e. The van der Waals surface area contributed by atoms with E-state index in [0.29, 0.717) is 0 Å². The molecule has 1 aromatic rings. The highest BCUT2D eigenvalue weighted by molar-refractivity contribution is 8.41. The van der Waals surface area contributed by atoms with Crippen LogP contribution in [-0.2, 0) is 26.1 Å². The first-order chi connectivity index (χ1) is 19.3. The van der Waals surface area contributed by atoms with Crippen molar-refractivity contribution in [1.29, 1.82) is 0 Å². The molecule has 0 saturated carbocycles. The molecule has 3 aliphatic rings. The number of nitrogens with zero attached hydrogens (tertiary/aromatic N) is 1. The molecular weight excluding hydrogens is 699 g/mol. The topological polar surface area (TPSA) is 57.5 Å². The van der Waals surface area contributed by atoms with Gasteiger partial charge >= 0.3 is 11.9 Å². The summed E-state index contributed by atoms with van der Waals surface area (Å²) in [6, 6.07) is 4.22. The van der Waals surface area contributed by atoms with Gasteiger partial charge in [-0.05, 0) is 49.3 Å². The lowest BCUT2D eigenvalue weighted by atomic mass is 10.2. The summed E-state index contributed by atoms with van der Waals surface area (Å²) in [7, 11) is 4.69. The third-order valence-corrected chi connectivity index (χ3v) is 18.1. The predicted octanol–water partition coefficient (Wildman–Crippen LogP) is 9.54. The van der Waals surface area contributed by atoms with Gasteiger partial charge in [-0.1, -0.05) is 70.6 Å². The molecule has 4 rings (SSSR count). The minimum absolute atomic E-state index is 0.250. The molecule has 0 spiro atoms. The van der Waals surface area contributed by atoms with Gasteiger partial charge in [0.25, 0.3) is 0 Å². The minimum atomic E-state index is -0.546. The number of carbonyl (C=O) groups excluding carboxylic acids is 2. The molecular formula is C25H25NO4S10. The first-order valence-electron chi connectivity index (χ1n) is 11.2. The van der Waals surface area contributed by atoms with E-state index in [1.807, 2.05) is 23.5 Å². The number of hydrogen-bond acceptors (Lipinski definition) is 14. The summed E-state index contributed by atoms with van der Waals surface area (Å²) >= 11 is 16.7. The molecule has 0 radical (unpaired) electrons. The van der Waals surface area contributed by atoms with Gasteiger partial charge in [-0.15, -0.1) is 47.0 Å². The number of ether oxygens (including phenoxy) is 2. The van der Waals surface area contributed by atoms with Crippen LogP contribution in [0.3, 0.4) is 0 Å². The van der Waals surface area contributed by atoms with E-state index in [0.717, 1.165) is 25.4 Å². The van der Waals surface area contributed by atoms with Crippen LogP contribution >= 0.6 is 118 Å². The van der Waals surface area contributed by atoms with Gasteiger partial charge in [0.15, 0.2) is 0 Å². The van der Waals surface area contributed by atoms with Crippen LogP contribution in [0.1, 0.15) is 11.4 Å². The van der Waals surface area contributed by atoms with E-state index in [1.165, 1.54) is 58.9 Å². The lowest BCUT2D eigenvalue weighted by Crippen LogP contribution is -2.08. The van der Waals surface area contributed by atoms with Crippen molar-refractivity contribution in [2.75, 3.05) is 39.2 Å². The third kappa shape index (κ3) is 7.27. The van der Waals surface area contributed by atoms with Gasteiger partial charge in [0.2, 0.25) is 0 Å². The van der Waals surface area contributed by atoms with Crippen molar-refractivity contribution in [3.8, 4) is 0 Å². The molecule has 0 fully saturated rings. The first-order valence-corrected chi connectivity index (χ1v) is 21.0. The highest BCUT2D eigenvalue weighted by Crippen LogP contribution is 2.59. The van der Waals surface area contributed by atoms with Crippen LogP contribution in [-0.4, -0.2) is 55.7 Å². The van der Waals surface area contributed by atoms with Crippen LogP contribution in [0.2, 0.25) is 0 Å². The number of hydrogen-bond donors (Lipinski definition) is 0. The Bertz CT molecular complexity index is 1350. The molecule has 0 atom stereocenters. The monoisotopic (exact) mass is 723 g/mol. The highest BCUT2D eigenvalue weighted by atomic mass is 32.3. The Morgan fingerprint density at radius 1 is 0.725 bits per heavy atom. The van der Waals surface area contributed by atoms with E-state index in [2.05, 4.69) is 60.9 Å². The second kappa shape index (κ2) is 15.2. The van der Waals surface area contributed by atoms with Crippen LogP contribution in [0, 0.1) is 0 Å². The number of methoxy groups -OCH3 is 2. The summed E-state index contributed by atoms with van der Waals surface area (Å²) in [4.78, 5) is 25.7. The maximum absolute atomic E-state index is 12.6. The van der Waals surface area contributed by atoms with Crippen LogP contribution in [0.15, 0.2) is 57.7 Å². The molecule has 214 valence electrons. The molecule has 0 aliphatic carbocycles. The zero-order valence-electron chi connectivity index (χ0n) is 22.5. The average molecular weight is 724 g/mol. The molecule has 4 heterocycles. The summed E-state index contributed by atoms with van der Waals surface area (Å²) in [5, 5.41) is 0. The number of esters is 2. The predicted molar refractivity (Wildman–Crippen MR) is 193 cm³/mol.